The topological polar surface area (TPSA) is 47.6 Å². The van der Waals surface area contributed by atoms with Crippen LogP contribution >= 0.6 is 0 Å². The van der Waals surface area contributed by atoms with E-state index in [1.807, 2.05) is 13.8 Å². The highest BCUT2D eigenvalue weighted by Crippen LogP contribution is 1.87. The minimum absolute atomic E-state index is 0.187. The van der Waals surface area contributed by atoms with Gasteiger partial charge in [-0.2, -0.15) is 0 Å². The van der Waals surface area contributed by atoms with Crippen LogP contribution in [0.5, 0.6) is 0 Å². The van der Waals surface area contributed by atoms with E-state index < -0.39 is 0 Å². The van der Waals surface area contributed by atoms with Gasteiger partial charge in [0.05, 0.1) is 19.3 Å². The lowest BCUT2D eigenvalue weighted by molar-refractivity contribution is -0.144. The summed E-state index contributed by atoms with van der Waals surface area (Å²) in [5, 5.41) is 2.97. The molecule has 0 bridgehead atoms. The van der Waals surface area contributed by atoms with Crippen LogP contribution in [0.25, 0.3) is 0 Å². The zero-order valence-corrected chi connectivity index (χ0v) is 9.34. The lowest BCUT2D eigenvalue weighted by Gasteiger charge is -2.08. The molecule has 4 heteroatoms. The third kappa shape index (κ3) is 9.48. The van der Waals surface area contributed by atoms with Crippen LogP contribution in [-0.2, 0) is 14.3 Å². The van der Waals surface area contributed by atoms with Gasteiger partial charge in [0.25, 0.3) is 0 Å². The standard InChI is InChI=1S/C10H21NO3/c1-4-5-11-8-10(12)14-7-6-13-9(2)3/h9,11H,4-8H2,1-3H3. The smallest absolute Gasteiger partial charge is 0.319 e. The normalized spacial score (nSPS) is 10.6. The van der Waals surface area contributed by atoms with E-state index in [0.29, 0.717) is 13.2 Å². The molecule has 0 unspecified atom stereocenters. The molecule has 0 fully saturated rings. The molecule has 4 nitrogen and oxygen atoms in total. The molecule has 0 atom stereocenters. The van der Waals surface area contributed by atoms with Gasteiger partial charge < -0.3 is 14.8 Å². The van der Waals surface area contributed by atoms with Gasteiger partial charge in [0.1, 0.15) is 6.61 Å². The van der Waals surface area contributed by atoms with Crippen molar-refractivity contribution in [2.24, 2.45) is 0 Å². The van der Waals surface area contributed by atoms with Gasteiger partial charge in [-0.3, -0.25) is 4.79 Å². The van der Waals surface area contributed by atoms with E-state index in [1.54, 1.807) is 0 Å². The largest absolute Gasteiger partial charge is 0.462 e. The van der Waals surface area contributed by atoms with Gasteiger partial charge in [-0.1, -0.05) is 6.92 Å². The summed E-state index contributed by atoms with van der Waals surface area (Å²) in [6.45, 7) is 7.89. The molecule has 0 amide bonds. The first-order valence-electron chi connectivity index (χ1n) is 5.14. The van der Waals surface area contributed by atoms with E-state index in [9.17, 15) is 4.79 Å². The maximum atomic E-state index is 11.0. The summed E-state index contributed by atoms with van der Waals surface area (Å²) in [5.41, 5.74) is 0. The minimum Gasteiger partial charge on any atom is -0.462 e. The summed E-state index contributed by atoms with van der Waals surface area (Å²) in [6.07, 6.45) is 1.20. The maximum absolute atomic E-state index is 11.0. The second-order valence-electron chi connectivity index (χ2n) is 3.32. The predicted molar refractivity (Wildman–Crippen MR) is 55.2 cm³/mol. The van der Waals surface area contributed by atoms with Crippen LogP contribution in [-0.4, -0.2) is 38.4 Å². The van der Waals surface area contributed by atoms with Crippen molar-refractivity contribution in [3.63, 3.8) is 0 Å². The molecule has 0 radical (unpaired) electrons. The average molecular weight is 203 g/mol. The molecule has 14 heavy (non-hydrogen) atoms. The molecule has 1 N–H and O–H groups in total. The van der Waals surface area contributed by atoms with Crippen molar-refractivity contribution in [1.82, 2.24) is 5.32 Å². The molecule has 0 spiro atoms. The number of carbonyl (C=O) groups is 1. The Morgan fingerprint density at radius 2 is 2.07 bits per heavy atom. The van der Waals surface area contributed by atoms with Crippen molar-refractivity contribution in [3.8, 4) is 0 Å². The molecule has 0 aliphatic carbocycles. The van der Waals surface area contributed by atoms with Gasteiger partial charge >= 0.3 is 5.97 Å². The molecule has 0 saturated heterocycles. The first kappa shape index (κ1) is 13.4. The van der Waals surface area contributed by atoms with Gasteiger partial charge in [-0.05, 0) is 26.8 Å². The Morgan fingerprint density at radius 1 is 1.36 bits per heavy atom. The molecule has 84 valence electrons. The highest BCUT2D eigenvalue weighted by molar-refractivity contribution is 5.71. The summed E-state index contributed by atoms with van der Waals surface area (Å²) in [5.74, 6) is -0.217. The van der Waals surface area contributed by atoms with Crippen LogP contribution in [0.3, 0.4) is 0 Å². The molecule has 0 heterocycles. The van der Waals surface area contributed by atoms with Crippen LogP contribution in [0.1, 0.15) is 27.2 Å². The monoisotopic (exact) mass is 203 g/mol. The van der Waals surface area contributed by atoms with Gasteiger partial charge in [0.2, 0.25) is 0 Å². The van der Waals surface area contributed by atoms with Gasteiger partial charge in [0, 0.05) is 0 Å². The van der Waals surface area contributed by atoms with Crippen molar-refractivity contribution < 1.29 is 14.3 Å². The van der Waals surface area contributed by atoms with Crippen LogP contribution in [0.4, 0.5) is 0 Å². The second kappa shape index (κ2) is 8.97. The fourth-order valence-corrected chi connectivity index (χ4v) is 0.858. The van der Waals surface area contributed by atoms with E-state index >= 15 is 0 Å². The number of hydrogen-bond donors (Lipinski definition) is 1. The summed E-state index contributed by atoms with van der Waals surface area (Å²) in [4.78, 5) is 11.0. The number of carbonyl (C=O) groups excluding carboxylic acids is 1. The molecule has 0 aromatic heterocycles. The van der Waals surface area contributed by atoms with Gasteiger partial charge in [0.15, 0.2) is 0 Å². The summed E-state index contributed by atoms with van der Waals surface area (Å²) < 4.78 is 10.1. The van der Waals surface area contributed by atoms with Gasteiger partial charge in [-0.15, -0.1) is 0 Å². The molecule has 0 aliphatic rings. The van der Waals surface area contributed by atoms with E-state index in [0.717, 1.165) is 13.0 Å². The fraction of sp³-hybridized carbons (Fsp3) is 0.900. The second-order valence-corrected chi connectivity index (χ2v) is 3.32. The third-order valence-electron chi connectivity index (χ3n) is 1.49. The molecule has 0 saturated carbocycles. The third-order valence-corrected chi connectivity index (χ3v) is 1.49. The molecule has 0 aliphatic heterocycles. The van der Waals surface area contributed by atoms with Crippen molar-refractivity contribution in [3.05, 3.63) is 0 Å². The van der Waals surface area contributed by atoms with Crippen LogP contribution in [0.2, 0.25) is 0 Å². The van der Waals surface area contributed by atoms with Crippen molar-refractivity contribution in [2.75, 3.05) is 26.3 Å². The number of esters is 1. The lowest BCUT2D eigenvalue weighted by Crippen LogP contribution is -2.26. The van der Waals surface area contributed by atoms with Crippen LogP contribution in [0.15, 0.2) is 0 Å². The molecule has 0 rings (SSSR count). The maximum Gasteiger partial charge on any atom is 0.319 e. The Morgan fingerprint density at radius 3 is 2.64 bits per heavy atom. The van der Waals surface area contributed by atoms with Crippen molar-refractivity contribution >= 4 is 5.97 Å². The fourth-order valence-electron chi connectivity index (χ4n) is 0.858. The number of ether oxygens (including phenoxy) is 2. The minimum atomic E-state index is -0.217. The first-order chi connectivity index (χ1) is 6.66. The molecular weight excluding hydrogens is 182 g/mol. The van der Waals surface area contributed by atoms with E-state index in [4.69, 9.17) is 9.47 Å². The van der Waals surface area contributed by atoms with Gasteiger partial charge in [-0.25, -0.2) is 0 Å². The SMILES string of the molecule is CCCNCC(=O)OCCOC(C)C. The lowest BCUT2D eigenvalue weighted by atomic mass is 10.5. The Bertz CT molecular complexity index is 148. The van der Waals surface area contributed by atoms with E-state index in [2.05, 4.69) is 12.2 Å². The number of rotatable bonds is 8. The zero-order valence-electron chi connectivity index (χ0n) is 9.34. The summed E-state index contributed by atoms with van der Waals surface area (Å²) in [7, 11) is 0. The number of hydrogen-bond acceptors (Lipinski definition) is 4. The predicted octanol–water partition coefficient (Wildman–Crippen LogP) is 0.954. The Kier molecular flexibility index (Phi) is 8.57. The van der Waals surface area contributed by atoms with E-state index in [1.165, 1.54) is 0 Å². The van der Waals surface area contributed by atoms with Crippen LogP contribution in [0, 0.1) is 0 Å². The highest BCUT2D eigenvalue weighted by atomic mass is 16.6. The average Bonchev–Trinajstić information content (AvgIpc) is 2.13. The summed E-state index contributed by atoms with van der Waals surface area (Å²) >= 11 is 0. The zero-order chi connectivity index (χ0) is 10.8. The highest BCUT2D eigenvalue weighted by Gasteiger charge is 2.01. The molecule has 0 aromatic carbocycles. The Labute approximate surface area is 86.0 Å². The van der Waals surface area contributed by atoms with Crippen molar-refractivity contribution in [2.45, 2.75) is 33.3 Å². The summed E-state index contributed by atoms with van der Waals surface area (Å²) in [6, 6.07) is 0. The first-order valence-corrected chi connectivity index (χ1v) is 5.14. The Balaban J connectivity index is 3.18. The quantitative estimate of drug-likeness (QED) is 0.471. The van der Waals surface area contributed by atoms with E-state index in [-0.39, 0.29) is 18.6 Å². The Hall–Kier alpha value is -0.610. The number of nitrogens with one attached hydrogen (secondary N) is 1. The van der Waals surface area contributed by atoms with Crippen LogP contribution < -0.4 is 5.32 Å². The molecule has 0 aromatic rings. The van der Waals surface area contributed by atoms with Crippen molar-refractivity contribution in [1.29, 1.82) is 0 Å². The molecular formula is C10H21NO3.